The summed E-state index contributed by atoms with van der Waals surface area (Å²) in [7, 11) is 0. The molecule has 1 fully saturated rings. The summed E-state index contributed by atoms with van der Waals surface area (Å²) >= 11 is 0. The van der Waals surface area contributed by atoms with Gasteiger partial charge in [-0.25, -0.2) is 0 Å². The Labute approximate surface area is 108 Å². The smallest absolute Gasteiger partial charge is 0.0110 e. The van der Waals surface area contributed by atoms with E-state index >= 15 is 0 Å². The lowest BCUT2D eigenvalue weighted by Crippen LogP contribution is -2.52. The molecule has 1 N–H and O–H groups in total. The quantitative estimate of drug-likeness (QED) is 0.763. The van der Waals surface area contributed by atoms with Gasteiger partial charge in [0.05, 0.1) is 0 Å². The number of hydrogen-bond acceptors (Lipinski definition) is 3. The second kappa shape index (κ2) is 6.72. The van der Waals surface area contributed by atoms with E-state index in [0.717, 1.165) is 6.54 Å². The van der Waals surface area contributed by atoms with Crippen LogP contribution in [-0.2, 0) is 0 Å². The van der Waals surface area contributed by atoms with E-state index in [-0.39, 0.29) is 0 Å². The summed E-state index contributed by atoms with van der Waals surface area (Å²) < 4.78 is 0. The van der Waals surface area contributed by atoms with Gasteiger partial charge in [0, 0.05) is 38.8 Å². The molecule has 0 aromatic carbocycles. The predicted molar refractivity (Wildman–Crippen MR) is 75.5 cm³/mol. The SMILES string of the molecule is CCNC(C)C(C)(C)CN1CCN(CC)CC1. The van der Waals surface area contributed by atoms with Gasteiger partial charge in [0.2, 0.25) is 0 Å². The lowest BCUT2D eigenvalue weighted by molar-refractivity contribution is 0.0859. The Kier molecular flexibility index (Phi) is 5.90. The molecule has 0 radical (unpaired) electrons. The van der Waals surface area contributed by atoms with E-state index in [9.17, 15) is 0 Å². The maximum absolute atomic E-state index is 3.56. The molecule has 17 heavy (non-hydrogen) atoms. The van der Waals surface area contributed by atoms with Crippen LogP contribution >= 0.6 is 0 Å². The van der Waals surface area contributed by atoms with E-state index in [4.69, 9.17) is 0 Å². The third-order valence-electron chi connectivity index (χ3n) is 4.23. The minimum atomic E-state index is 0.352. The molecule has 0 amide bonds. The van der Waals surface area contributed by atoms with Crippen molar-refractivity contribution in [2.75, 3.05) is 45.8 Å². The minimum Gasteiger partial charge on any atom is -0.314 e. The maximum atomic E-state index is 3.56. The molecule has 0 aromatic rings. The Hall–Kier alpha value is -0.120. The number of piperazine rings is 1. The Balaban J connectivity index is 2.38. The highest BCUT2D eigenvalue weighted by atomic mass is 15.3. The fourth-order valence-electron chi connectivity index (χ4n) is 2.56. The van der Waals surface area contributed by atoms with Crippen LogP contribution in [-0.4, -0.2) is 61.7 Å². The van der Waals surface area contributed by atoms with Crippen molar-refractivity contribution in [1.82, 2.24) is 15.1 Å². The fraction of sp³-hybridized carbons (Fsp3) is 1.00. The Morgan fingerprint density at radius 2 is 1.59 bits per heavy atom. The molecule has 3 nitrogen and oxygen atoms in total. The molecule has 1 unspecified atom stereocenters. The first-order valence-electron chi connectivity index (χ1n) is 7.17. The molecule has 0 aromatic heterocycles. The van der Waals surface area contributed by atoms with Crippen LogP contribution in [0.1, 0.15) is 34.6 Å². The van der Waals surface area contributed by atoms with Gasteiger partial charge in [0.25, 0.3) is 0 Å². The standard InChI is InChI=1S/C14H31N3/c1-6-15-13(3)14(4,5)12-17-10-8-16(7-2)9-11-17/h13,15H,6-12H2,1-5H3. The van der Waals surface area contributed by atoms with E-state index in [2.05, 4.69) is 49.7 Å². The van der Waals surface area contributed by atoms with E-state index in [1.165, 1.54) is 39.3 Å². The number of likely N-dealkylation sites (N-methyl/N-ethyl adjacent to an activating group) is 1. The highest BCUT2D eigenvalue weighted by Gasteiger charge is 2.29. The third-order valence-corrected chi connectivity index (χ3v) is 4.23. The van der Waals surface area contributed by atoms with Crippen molar-refractivity contribution in [2.24, 2.45) is 5.41 Å². The predicted octanol–water partition coefficient (Wildman–Crippen LogP) is 1.65. The fourth-order valence-corrected chi connectivity index (χ4v) is 2.56. The molecule has 3 heteroatoms. The van der Waals surface area contributed by atoms with Gasteiger partial charge in [0.1, 0.15) is 0 Å². The number of nitrogens with zero attached hydrogens (tertiary/aromatic N) is 2. The van der Waals surface area contributed by atoms with Crippen LogP contribution in [0.2, 0.25) is 0 Å². The van der Waals surface area contributed by atoms with Crippen LogP contribution < -0.4 is 5.32 Å². The van der Waals surface area contributed by atoms with Crippen LogP contribution in [0, 0.1) is 5.41 Å². The Bertz CT molecular complexity index is 208. The summed E-state index contributed by atoms with van der Waals surface area (Å²) in [5, 5.41) is 3.56. The molecule has 1 aliphatic rings. The average molecular weight is 241 g/mol. The van der Waals surface area contributed by atoms with Crippen LogP contribution in [0.4, 0.5) is 0 Å². The zero-order chi connectivity index (χ0) is 12.9. The minimum absolute atomic E-state index is 0.352. The van der Waals surface area contributed by atoms with Gasteiger partial charge in [-0.1, -0.05) is 27.7 Å². The summed E-state index contributed by atoms with van der Waals surface area (Å²) in [6.45, 7) is 19.9. The molecule has 1 saturated heterocycles. The van der Waals surface area contributed by atoms with Gasteiger partial charge in [-0.15, -0.1) is 0 Å². The van der Waals surface area contributed by atoms with Crippen molar-refractivity contribution in [3.63, 3.8) is 0 Å². The van der Waals surface area contributed by atoms with Crippen molar-refractivity contribution in [2.45, 2.75) is 40.7 Å². The summed E-state index contributed by atoms with van der Waals surface area (Å²) in [4.78, 5) is 5.16. The molecule has 0 saturated carbocycles. The zero-order valence-electron chi connectivity index (χ0n) is 12.4. The summed E-state index contributed by atoms with van der Waals surface area (Å²) in [6.07, 6.45) is 0. The lowest BCUT2D eigenvalue weighted by atomic mass is 9.84. The molecule has 1 heterocycles. The topological polar surface area (TPSA) is 18.5 Å². The van der Waals surface area contributed by atoms with E-state index in [0.29, 0.717) is 11.5 Å². The molecule has 1 aliphatic heterocycles. The largest absolute Gasteiger partial charge is 0.314 e. The van der Waals surface area contributed by atoms with Gasteiger partial charge in [-0.3, -0.25) is 0 Å². The first-order valence-corrected chi connectivity index (χ1v) is 7.17. The molecule has 0 bridgehead atoms. The van der Waals surface area contributed by atoms with Crippen LogP contribution in [0.15, 0.2) is 0 Å². The van der Waals surface area contributed by atoms with Gasteiger partial charge in [-0.2, -0.15) is 0 Å². The van der Waals surface area contributed by atoms with E-state index in [1.807, 2.05) is 0 Å². The highest BCUT2D eigenvalue weighted by molar-refractivity contribution is 4.85. The Morgan fingerprint density at radius 3 is 2.06 bits per heavy atom. The van der Waals surface area contributed by atoms with Gasteiger partial charge < -0.3 is 15.1 Å². The summed E-state index contributed by atoms with van der Waals surface area (Å²) in [5.74, 6) is 0. The maximum Gasteiger partial charge on any atom is 0.0110 e. The normalized spacial score (nSPS) is 21.7. The lowest BCUT2D eigenvalue weighted by Gasteiger charge is -2.41. The number of hydrogen-bond donors (Lipinski definition) is 1. The van der Waals surface area contributed by atoms with Gasteiger partial charge in [0.15, 0.2) is 0 Å². The van der Waals surface area contributed by atoms with Crippen molar-refractivity contribution in [3.05, 3.63) is 0 Å². The number of nitrogens with one attached hydrogen (secondary N) is 1. The average Bonchev–Trinajstić information content (AvgIpc) is 2.30. The second-order valence-corrected chi connectivity index (χ2v) is 5.98. The summed E-state index contributed by atoms with van der Waals surface area (Å²) in [5.41, 5.74) is 0.352. The summed E-state index contributed by atoms with van der Waals surface area (Å²) in [6, 6.07) is 0.580. The highest BCUT2D eigenvalue weighted by Crippen LogP contribution is 2.22. The van der Waals surface area contributed by atoms with Crippen molar-refractivity contribution < 1.29 is 0 Å². The van der Waals surface area contributed by atoms with E-state index < -0.39 is 0 Å². The van der Waals surface area contributed by atoms with Crippen molar-refractivity contribution >= 4 is 0 Å². The van der Waals surface area contributed by atoms with Gasteiger partial charge in [-0.05, 0) is 25.4 Å². The first-order chi connectivity index (χ1) is 7.99. The molecule has 0 spiro atoms. The van der Waals surface area contributed by atoms with Crippen molar-refractivity contribution in [3.8, 4) is 0 Å². The Morgan fingerprint density at radius 1 is 1.06 bits per heavy atom. The van der Waals surface area contributed by atoms with Crippen LogP contribution in [0.3, 0.4) is 0 Å². The molecule has 1 rings (SSSR count). The van der Waals surface area contributed by atoms with Crippen LogP contribution in [0.5, 0.6) is 0 Å². The number of rotatable bonds is 6. The van der Waals surface area contributed by atoms with Gasteiger partial charge >= 0.3 is 0 Å². The first kappa shape index (κ1) is 14.9. The van der Waals surface area contributed by atoms with Crippen molar-refractivity contribution in [1.29, 1.82) is 0 Å². The molecular weight excluding hydrogens is 210 g/mol. The molecular formula is C14H31N3. The van der Waals surface area contributed by atoms with Crippen LogP contribution in [0.25, 0.3) is 0 Å². The zero-order valence-corrected chi connectivity index (χ0v) is 12.4. The molecule has 102 valence electrons. The monoisotopic (exact) mass is 241 g/mol. The second-order valence-electron chi connectivity index (χ2n) is 5.98. The molecule has 0 aliphatic carbocycles. The third kappa shape index (κ3) is 4.57. The van der Waals surface area contributed by atoms with E-state index in [1.54, 1.807) is 0 Å². The molecule has 1 atom stereocenters.